The second-order valence-corrected chi connectivity index (χ2v) is 5.24. The van der Waals surface area contributed by atoms with E-state index in [1.165, 1.54) is 6.42 Å². The van der Waals surface area contributed by atoms with Crippen LogP contribution in [0.5, 0.6) is 0 Å². The van der Waals surface area contributed by atoms with Crippen LogP contribution in [0.25, 0.3) is 0 Å². The third-order valence-electron chi connectivity index (χ3n) is 2.62. The lowest BCUT2D eigenvalue weighted by atomic mass is 10.2. The van der Waals surface area contributed by atoms with Crippen LogP contribution < -0.4 is 0 Å². The Morgan fingerprint density at radius 1 is 1.27 bits per heavy atom. The SMILES string of the molecule is CCC(C)CSc1nnc(Cl)c(C)c1C. The van der Waals surface area contributed by atoms with Crippen LogP contribution in [-0.2, 0) is 0 Å². The molecule has 0 aliphatic carbocycles. The van der Waals surface area contributed by atoms with E-state index in [4.69, 9.17) is 11.6 Å². The minimum Gasteiger partial charge on any atom is -0.142 e. The number of thioether (sulfide) groups is 1. The van der Waals surface area contributed by atoms with E-state index in [9.17, 15) is 0 Å². The average molecular weight is 245 g/mol. The third kappa shape index (κ3) is 3.35. The molecule has 1 unspecified atom stereocenters. The topological polar surface area (TPSA) is 25.8 Å². The summed E-state index contributed by atoms with van der Waals surface area (Å²) in [5.41, 5.74) is 2.20. The molecule has 0 radical (unpaired) electrons. The van der Waals surface area contributed by atoms with Crippen LogP contribution in [0.15, 0.2) is 5.03 Å². The first-order valence-corrected chi connectivity index (χ1v) is 6.54. The predicted octanol–water partition coefficient (Wildman–Crippen LogP) is 3.89. The van der Waals surface area contributed by atoms with Gasteiger partial charge in [-0.05, 0) is 30.9 Å². The molecule has 0 spiro atoms. The Balaban J connectivity index is 2.74. The largest absolute Gasteiger partial charge is 0.154 e. The maximum absolute atomic E-state index is 5.89. The van der Waals surface area contributed by atoms with Crippen molar-refractivity contribution in [3.8, 4) is 0 Å². The Kier molecular flexibility index (Phi) is 4.87. The highest BCUT2D eigenvalue weighted by Crippen LogP contribution is 2.26. The number of aromatic nitrogens is 2. The van der Waals surface area contributed by atoms with E-state index in [0.29, 0.717) is 11.1 Å². The number of halogens is 1. The lowest BCUT2D eigenvalue weighted by Gasteiger charge is -2.10. The molecule has 84 valence electrons. The van der Waals surface area contributed by atoms with E-state index < -0.39 is 0 Å². The summed E-state index contributed by atoms with van der Waals surface area (Å²) in [6, 6.07) is 0. The van der Waals surface area contributed by atoms with Crippen molar-refractivity contribution in [3.05, 3.63) is 16.3 Å². The van der Waals surface area contributed by atoms with Crippen molar-refractivity contribution < 1.29 is 0 Å². The highest BCUT2D eigenvalue weighted by Gasteiger charge is 2.09. The molecule has 0 aliphatic heterocycles. The van der Waals surface area contributed by atoms with Gasteiger partial charge in [0.2, 0.25) is 0 Å². The Hall–Kier alpha value is -0.280. The Morgan fingerprint density at radius 3 is 2.53 bits per heavy atom. The van der Waals surface area contributed by atoms with Crippen LogP contribution >= 0.6 is 23.4 Å². The molecule has 0 aliphatic rings. The van der Waals surface area contributed by atoms with Crippen molar-refractivity contribution in [2.75, 3.05) is 5.75 Å². The standard InChI is InChI=1S/C11H17ClN2S/c1-5-7(2)6-15-11-9(4)8(3)10(12)13-14-11/h7H,5-6H2,1-4H3. The maximum atomic E-state index is 5.89. The molecule has 4 heteroatoms. The fourth-order valence-electron chi connectivity index (χ4n) is 1.03. The van der Waals surface area contributed by atoms with Gasteiger partial charge in [0.05, 0.1) is 0 Å². The highest BCUT2D eigenvalue weighted by atomic mass is 35.5. The summed E-state index contributed by atoms with van der Waals surface area (Å²) in [7, 11) is 0. The fraction of sp³-hybridized carbons (Fsp3) is 0.636. The van der Waals surface area contributed by atoms with Crippen molar-refractivity contribution in [2.24, 2.45) is 5.92 Å². The first-order chi connectivity index (χ1) is 7.06. The van der Waals surface area contributed by atoms with Gasteiger partial charge in [0.1, 0.15) is 5.03 Å². The molecule has 0 amide bonds. The van der Waals surface area contributed by atoms with Gasteiger partial charge in [0.15, 0.2) is 5.15 Å². The number of nitrogens with zero attached hydrogens (tertiary/aromatic N) is 2. The average Bonchev–Trinajstić information content (AvgIpc) is 2.24. The minimum atomic E-state index is 0.514. The second-order valence-electron chi connectivity index (χ2n) is 3.87. The molecule has 0 saturated carbocycles. The zero-order chi connectivity index (χ0) is 11.4. The molecule has 1 heterocycles. The van der Waals surface area contributed by atoms with Crippen molar-refractivity contribution in [1.29, 1.82) is 0 Å². The zero-order valence-corrected chi connectivity index (χ0v) is 11.2. The molecule has 1 atom stereocenters. The van der Waals surface area contributed by atoms with Crippen LogP contribution in [0.1, 0.15) is 31.4 Å². The lowest BCUT2D eigenvalue weighted by molar-refractivity contribution is 0.636. The Morgan fingerprint density at radius 2 is 1.93 bits per heavy atom. The van der Waals surface area contributed by atoms with E-state index >= 15 is 0 Å². The number of hydrogen-bond acceptors (Lipinski definition) is 3. The van der Waals surface area contributed by atoms with Crippen LogP contribution in [0.4, 0.5) is 0 Å². The molecule has 0 fully saturated rings. The fourth-order valence-corrected chi connectivity index (χ4v) is 2.36. The van der Waals surface area contributed by atoms with Crippen molar-refractivity contribution in [2.45, 2.75) is 39.1 Å². The van der Waals surface area contributed by atoms with E-state index in [0.717, 1.165) is 21.9 Å². The molecular weight excluding hydrogens is 228 g/mol. The molecule has 0 saturated heterocycles. The minimum absolute atomic E-state index is 0.514. The van der Waals surface area contributed by atoms with Crippen molar-refractivity contribution >= 4 is 23.4 Å². The molecule has 0 bridgehead atoms. The van der Waals surface area contributed by atoms with E-state index in [1.54, 1.807) is 11.8 Å². The predicted molar refractivity (Wildman–Crippen MR) is 66.7 cm³/mol. The summed E-state index contributed by atoms with van der Waals surface area (Å²) in [4.78, 5) is 0. The van der Waals surface area contributed by atoms with Crippen LogP contribution in [0.3, 0.4) is 0 Å². The van der Waals surface area contributed by atoms with Gasteiger partial charge >= 0.3 is 0 Å². The summed E-state index contributed by atoms with van der Waals surface area (Å²) < 4.78 is 0. The van der Waals surface area contributed by atoms with Crippen molar-refractivity contribution in [1.82, 2.24) is 10.2 Å². The highest BCUT2D eigenvalue weighted by molar-refractivity contribution is 7.99. The first kappa shape index (κ1) is 12.8. The van der Waals surface area contributed by atoms with Crippen molar-refractivity contribution in [3.63, 3.8) is 0 Å². The Bertz CT molecular complexity index is 342. The molecule has 2 nitrogen and oxygen atoms in total. The number of rotatable bonds is 4. The second kappa shape index (κ2) is 5.71. The molecular formula is C11H17ClN2S. The van der Waals surface area contributed by atoms with Gasteiger partial charge in [-0.25, -0.2) is 0 Å². The van der Waals surface area contributed by atoms with Crippen LogP contribution in [0.2, 0.25) is 5.15 Å². The summed E-state index contributed by atoms with van der Waals surface area (Å²) >= 11 is 7.66. The molecule has 0 N–H and O–H groups in total. The van der Waals surface area contributed by atoms with Gasteiger partial charge in [0, 0.05) is 5.75 Å². The molecule has 1 aromatic rings. The van der Waals surface area contributed by atoms with E-state index in [1.807, 2.05) is 6.92 Å². The number of hydrogen-bond donors (Lipinski definition) is 0. The third-order valence-corrected chi connectivity index (χ3v) is 4.38. The van der Waals surface area contributed by atoms with Crippen LogP contribution in [-0.4, -0.2) is 16.0 Å². The van der Waals surface area contributed by atoms with Gasteiger partial charge in [-0.3, -0.25) is 0 Å². The van der Waals surface area contributed by atoms with E-state index in [2.05, 4.69) is 31.0 Å². The molecule has 1 rings (SSSR count). The molecule has 15 heavy (non-hydrogen) atoms. The van der Waals surface area contributed by atoms with Crippen LogP contribution in [0, 0.1) is 19.8 Å². The summed E-state index contributed by atoms with van der Waals surface area (Å²) in [5, 5.41) is 9.59. The Labute approximate surface area is 101 Å². The van der Waals surface area contributed by atoms with E-state index in [-0.39, 0.29) is 0 Å². The normalized spacial score (nSPS) is 12.9. The summed E-state index contributed by atoms with van der Waals surface area (Å²) in [5.74, 6) is 1.81. The molecule has 1 aromatic heterocycles. The monoisotopic (exact) mass is 244 g/mol. The lowest BCUT2D eigenvalue weighted by Crippen LogP contribution is -2.00. The van der Waals surface area contributed by atoms with Gasteiger partial charge in [-0.1, -0.05) is 31.9 Å². The van der Waals surface area contributed by atoms with Gasteiger partial charge in [-0.15, -0.1) is 22.0 Å². The quantitative estimate of drug-likeness (QED) is 0.752. The summed E-state index contributed by atoms with van der Waals surface area (Å²) in [6.45, 7) is 8.49. The van der Waals surface area contributed by atoms with Gasteiger partial charge < -0.3 is 0 Å². The van der Waals surface area contributed by atoms with Gasteiger partial charge in [-0.2, -0.15) is 0 Å². The zero-order valence-electron chi connectivity index (χ0n) is 9.67. The van der Waals surface area contributed by atoms with Gasteiger partial charge in [0.25, 0.3) is 0 Å². The molecule has 0 aromatic carbocycles. The maximum Gasteiger partial charge on any atom is 0.154 e. The summed E-state index contributed by atoms with van der Waals surface area (Å²) in [6.07, 6.45) is 1.20. The first-order valence-electron chi connectivity index (χ1n) is 5.18. The smallest absolute Gasteiger partial charge is 0.142 e.